The van der Waals surface area contributed by atoms with Crippen LogP contribution in [-0.2, 0) is 14.5 Å². The van der Waals surface area contributed by atoms with Gasteiger partial charge in [0.15, 0.2) is 0 Å². The van der Waals surface area contributed by atoms with Gasteiger partial charge in [-0.15, -0.1) is 0 Å². The van der Waals surface area contributed by atoms with Crippen molar-refractivity contribution in [3.63, 3.8) is 0 Å². The van der Waals surface area contributed by atoms with Crippen LogP contribution in [0.5, 0.6) is 0 Å². The second-order valence-corrected chi connectivity index (χ2v) is 9.12. The van der Waals surface area contributed by atoms with E-state index in [0.29, 0.717) is 30.9 Å². The van der Waals surface area contributed by atoms with Crippen molar-refractivity contribution in [1.82, 2.24) is 4.90 Å². The Morgan fingerprint density at radius 1 is 1.26 bits per heavy atom. The number of carbonyl (C=O) groups is 1. The fraction of sp³-hybridized carbons (Fsp3) is 0.923. The third-order valence-corrected chi connectivity index (χ3v) is 5.73. The maximum atomic E-state index is 12.3. The van der Waals surface area contributed by atoms with E-state index in [4.69, 9.17) is 9.52 Å². The smallest absolute Gasteiger partial charge is 0.410 e. The molecule has 19 heavy (non-hydrogen) atoms. The Bertz CT molecular complexity index is 451. The number of likely N-dealkylation sites (tertiary alicyclic amines) is 1. The highest BCUT2D eigenvalue weighted by Crippen LogP contribution is 2.40. The summed E-state index contributed by atoms with van der Waals surface area (Å²) in [4.78, 5) is 14.1. The van der Waals surface area contributed by atoms with E-state index in [1.165, 1.54) is 0 Å². The number of carbonyl (C=O) groups excluding carboxylic acids is 1. The van der Waals surface area contributed by atoms with Gasteiger partial charge in [0.25, 0.3) is 0 Å². The SMILES string of the molecule is CC(C)(C)OC(=O)N1CCCC12CCS(=N)(=O)CC2. The van der Waals surface area contributed by atoms with Crippen molar-refractivity contribution in [3.8, 4) is 0 Å². The van der Waals surface area contributed by atoms with Crippen LogP contribution in [0.2, 0.25) is 0 Å². The lowest BCUT2D eigenvalue weighted by molar-refractivity contribution is 0.00596. The molecule has 0 aromatic rings. The topological polar surface area (TPSA) is 70.5 Å². The first-order valence-electron chi connectivity index (χ1n) is 6.88. The number of nitrogens with one attached hydrogen (secondary N) is 1. The number of ether oxygens (including phenoxy) is 1. The summed E-state index contributed by atoms with van der Waals surface area (Å²) in [5, 5.41) is 0. The second-order valence-electron chi connectivity index (χ2n) is 6.68. The molecule has 2 heterocycles. The molecule has 0 atom stereocenters. The number of hydrogen-bond donors (Lipinski definition) is 1. The predicted octanol–water partition coefficient (Wildman–Crippen LogP) is 2.60. The van der Waals surface area contributed by atoms with E-state index >= 15 is 0 Å². The van der Waals surface area contributed by atoms with Crippen molar-refractivity contribution in [3.05, 3.63) is 0 Å². The number of hydrogen-bond acceptors (Lipinski definition) is 4. The van der Waals surface area contributed by atoms with E-state index in [0.717, 1.165) is 12.8 Å². The van der Waals surface area contributed by atoms with E-state index in [2.05, 4.69) is 0 Å². The minimum absolute atomic E-state index is 0.204. The molecular weight excluding hydrogens is 264 g/mol. The molecule has 0 aromatic carbocycles. The first-order valence-corrected chi connectivity index (χ1v) is 8.78. The van der Waals surface area contributed by atoms with Gasteiger partial charge in [0.1, 0.15) is 5.60 Å². The van der Waals surface area contributed by atoms with Gasteiger partial charge in [-0.1, -0.05) is 0 Å². The lowest BCUT2D eigenvalue weighted by Gasteiger charge is -2.42. The molecule has 0 bridgehead atoms. The maximum Gasteiger partial charge on any atom is 0.410 e. The molecule has 0 aliphatic carbocycles. The summed E-state index contributed by atoms with van der Waals surface area (Å²) in [5.74, 6) is 0.818. The predicted molar refractivity (Wildman–Crippen MR) is 74.7 cm³/mol. The molecule has 2 rings (SSSR count). The monoisotopic (exact) mass is 288 g/mol. The number of rotatable bonds is 0. The third-order valence-electron chi connectivity index (χ3n) is 4.00. The van der Waals surface area contributed by atoms with Crippen LogP contribution >= 0.6 is 0 Å². The van der Waals surface area contributed by atoms with Gasteiger partial charge in [0.05, 0.1) is 0 Å². The fourth-order valence-corrected chi connectivity index (χ4v) is 4.62. The lowest BCUT2D eigenvalue weighted by atomic mass is 9.89. The van der Waals surface area contributed by atoms with Crippen LogP contribution in [0.4, 0.5) is 4.79 Å². The molecule has 5 nitrogen and oxygen atoms in total. The Kier molecular flexibility index (Phi) is 3.58. The molecule has 0 aromatic heterocycles. The molecule has 6 heteroatoms. The molecule has 0 unspecified atom stereocenters. The van der Waals surface area contributed by atoms with Crippen LogP contribution in [0.1, 0.15) is 46.5 Å². The minimum Gasteiger partial charge on any atom is -0.444 e. The summed E-state index contributed by atoms with van der Waals surface area (Å²) in [7, 11) is -2.41. The van der Waals surface area contributed by atoms with Gasteiger partial charge in [-0.05, 0) is 46.5 Å². The van der Waals surface area contributed by atoms with Crippen molar-refractivity contribution >= 4 is 15.8 Å². The highest BCUT2D eigenvalue weighted by atomic mass is 32.2. The van der Waals surface area contributed by atoms with Crippen LogP contribution in [0.15, 0.2) is 0 Å². The van der Waals surface area contributed by atoms with E-state index in [1.54, 1.807) is 0 Å². The molecule has 1 spiro atoms. The Balaban J connectivity index is 2.11. The summed E-state index contributed by atoms with van der Waals surface area (Å²) in [6.07, 6.45) is 3.01. The van der Waals surface area contributed by atoms with Crippen molar-refractivity contribution in [2.45, 2.75) is 57.6 Å². The van der Waals surface area contributed by atoms with Gasteiger partial charge in [0.2, 0.25) is 0 Å². The van der Waals surface area contributed by atoms with E-state index in [-0.39, 0.29) is 11.6 Å². The van der Waals surface area contributed by atoms with E-state index < -0.39 is 15.3 Å². The number of amides is 1. The van der Waals surface area contributed by atoms with Crippen molar-refractivity contribution < 1.29 is 13.7 Å². The van der Waals surface area contributed by atoms with Crippen molar-refractivity contribution in [2.24, 2.45) is 0 Å². The Morgan fingerprint density at radius 2 is 1.84 bits per heavy atom. The first kappa shape index (κ1) is 14.6. The summed E-state index contributed by atoms with van der Waals surface area (Å²) < 4.78 is 24.9. The molecule has 1 N–H and O–H groups in total. The van der Waals surface area contributed by atoms with Crippen molar-refractivity contribution in [2.75, 3.05) is 18.1 Å². The summed E-state index contributed by atoms with van der Waals surface area (Å²) in [5.41, 5.74) is -0.692. The zero-order valence-corrected chi connectivity index (χ0v) is 12.8. The van der Waals surface area contributed by atoms with Crippen molar-refractivity contribution in [1.29, 1.82) is 4.78 Å². The van der Waals surface area contributed by atoms with Gasteiger partial charge in [0, 0.05) is 33.3 Å². The van der Waals surface area contributed by atoms with Crippen LogP contribution in [0.3, 0.4) is 0 Å². The Morgan fingerprint density at radius 3 is 2.37 bits per heavy atom. The van der Waals surface area contributed by atoms with Gasteiger partial charge >= 0.3 is 6.09 Å². The van der Waals surface area contributed by atoms with Gasteiger partial charge in [-0.3, -0.25) is 4.78 Å². The van der Waals surface area contributed by atoms with Gasteiger partial charge < -0.3 is 9.64 Å². The third kappa shape index (κ3) is 3.22. The molecule has 0 radical (unpaired) electrons. The average Bonchev–Trinajstić information content (AvgIpc) is 2.65. The summed E-state index contributed by atoms with van der Waals surface area (Å²) in [6, 6.07) is 0. The van der Waals surface area contributed by atoms with Crippen LogP contribution < -0.4 is 0 Å². The van der Waals surface area contributed by atoms with E-state index in [9.17, 15) is 9.00 Å². The fourth-order valence-electron chi connectivity index (χ4n) is 3.00. The highest BCUT2D eigenvalue weighted by molar-refractivity contribution is 7.92. The van der Waals surface area contributed by atoms with Crippen LogP contribution in [0, 0.1) is 4.78 Å². The number of nitrogens with zero attached hydrogens (tertiary/aromatic N) is 1. The molecule has 2 aliphatic heterocycles. The highest BCUT2D eigenvalue weighted by Gasteiger charge is 2.47. The average molecular weight is 288 g/mol. The van der Waals surface area contributed by atoms with Gasteiger partial charge in [-0.2, -0.15) is 0 Å². The largest absolute Gasteiger partial charge is 0.444 e. The molecular formula is C13H24N2O3S. The molecule has 0 saturated carbocycles. The standard InChI is InChI=1S/C13H24N2O3S/c1-12(2,3)18-11(16)15-8-4-5-13(15)6-9-19(14,17)10-7-13/h14H,4-10H2,1-3H3. The Labute approximate surface area is 115 Å². The Hall–Kier alpha value is -0.780. The molecule has 2 fully saturated rings. The van der Waals surface area contributed by atoms with E-state index in [1.807, 2.05) is 25.7 Å². The quantitative estimate of drug-likeness (QED) is 0.744. The molecule has 1 amide bonds. The minimum atomic E-state index is -2.41. The summed E-state index contributed by atoms with van der Waals surface area (Å²) in [6.45, 7) is 6.31. The lowest BCUT2D eigenvalue weighted by Crippen LogP contribution is -2.52. The maximum absolute atomic E-state index is 12.3. The molecule has 2 saturated heterocycles. The first-order chi connectivity index (χ1) is 8.64. The summed E-state index contributed by atoms with van der Waals surface area (Å²) >= 11 is 0. The van der Waals surface area contributed by atoms with Crippen LogP contribution in [-0.4, -0.2) is 44.4 Å². The second kappa shape index (κ2) is 4.65. The van der Waals surface area contributed by atoms with Gasteiger partial charge in [-0.25, -0.2) is 9.00 Å². The zero-order valence-electron chi connectivity index (χ0n) is 12.0. The van der Waals surface area contributed by atoms with Crippen LogP contribution in [0.25, 0.3) is 0 Å². The molecule has 110 valence electrons. The normalized spacial score (nSPS) is 35.6. The molecule has 2 aliphatic rings. The zero-order chi connectivity index (χ0) is 14.3.